The van der Waals surface area contributed by atoms with Gasteiger partial charge in [0.15, 0.2) is 0 Å². The average molecular weight is 347 g/mol. The Labute approximate surface area is 151 Å². The van der Waals surface area contributed by atoms with Crippen molar-refractivity contribution in [3.63, 3.8) is 0 Å². The van der Waals surface area contributed by atoms with Crippen molar-refractivity contribution in [2.75, 3.05) is 5.32 Å². The van der Waals surface area contributed by atoms with Crippen LogP contribution in [0.2, 0.25) is 0 Å². The highest BCUT2D eigenvalue weighted by atomic mass is 19.1. The largest absolute Gasteiger partial charge is 0.360 e. The van der Waals surface area contributed by atoms with Gasteiger partial charge in [-0.15, -0.1) is 0 Å². The molecule has 4 rings (SSSR count). The molecular formula is C21H18FN3O. The molecule has 0 bridgehead atoms. The topological polar surface area (TPSA) is 45.2 Å². The Morgan fingerprint density at radius 3 is 2.62 bits per heavy atom. The molecule has 0 spiro atoms. The Morgan fingerprint density at radius 1 is 1.08 bits per heavy atom. The number of para-hydroxylation sites is 1. The first-order valence-corrected chi connectivity index (χ1v) is 8.46. The van der Waals surface area contributed by atoms with E-state index in [1.54, 1.807) is 35.4 Å². The highest BCUT2D eigenvalue weighted by Crippen LogP contribution is 2.34. The maximum Gasteiger partial charge on any atom is 0.258 e. The van der Waals surface area contributed by atoms with Crippen molar-refractivity contribution in [1.82, 2.24) is 9.88 Å². The molecule has 4 nitrogen and oxygen atoms in total. The summed E-state index contributed by atoms with van der Waals surface area (Å²) in [7, 11) is 0. The van der Waals surface area contributed by atoms with E-state index in [2.05, 4.69) is 10.3 Å². The summed E-state index contributed by atoms with van der Waals surface area (Å²) < 4.78 is 13.2. The molecule has 0 radical (unpaired) electrons. The van der Waals surface area contributed by atoms with Crippen LogP contribution in [-0.4, -0.2) is 15.8 Å². The second-order valence-electron chi connectivity index (χ2n) is 6.36. The van der Waals surface area contributed by atoms with Crippen molar-refractivity contribution in [1.29, 1.82) is 0 Å². The molecule has 1 aromatic heterocycles. The minimum atomic E-state index is -0.371. The molecule has 1 aliphatic heterocycles. The molecule has 1 amide bonds. The second kappa shape index (κ2) is 6.59. The van der Waals surface area contributed by atoms with Gasteiger partial charge in [-0.1, -0.05) is 30.3 Å². The molecule has 130 valence electrons. The molecule has 2 aromatic carbocycles. The van der Waals surface area contributed by atoms with Crippen molar-refractivity contribution in [3.8, 4) is 0 Å². The number of amides is 1. The lowest BCUT2D eigenvalue weighted by atomic mass is 10.1. The number of benzene rings is 2. The number of hydrogen-bond donors (Lipinski definition) is 1. The lowest BCUT2D eigenvalue weighted by molar-refractivity contribution is 0.0727. The van der Waals surface area contributed by atoms with Crippen LogP contribution in [0.25, 0.3) is 0 Å². The van der Waals surface area contributed by atoms with Gasteiger partial charge >= 0.3 is 0 Å². The first-order valence-electron chi connectivity index (χ1n) is 8.46. The lowest BCUT2D eigenvalue weighted by Gasteiger charge is -2.27. The first-order chi connectivity index (χ1) is 12.6. The highest BCUT2D eigenvalue weighted by Gasteiger charge is 2.38. The number of rotatable bonds is 4. The number of pyridine rings is 1. The van der Waals surface area contributed by atoms with E-state index < -0.39 is 0 Å². The van der Waals surface area contributed by atoms with Crippen LogP contribution in [0.1, 0.15) is 33.3 Å². The first kappa shape index (κ1) is 16.3. The third-order valence-corrected chi connectivity index (χ3v) is 4.60. The molecule has 26 heavy (non-hydrogen) atoms. The van der Waals surface area contributed by atoms with Gasteiger partial charge in [0, 0.05) is 18.4 Å². The van der Waals surface area contributed by atoms with Crippen LogP contribution in [0.3, 0.4) is 0 Å². The summed E-state index contributed by atoms with van der Waals surface area (Å²) in [5.74, 6) is -0.371. The number of aryl methyl sites for hydroxylation is 1. The number of aromatic nitrogens is 1. The third-order valence-electron chi connectivity index (χ3n) is 4.60. The van der Waals surface area contributed by atoms with E-state index in [0.29, 0.717) is 17.8 Å². The summed E-state index contributed by atoms with van der Waals surface area (Å²) in [5, 5.41) is 3.45. The van der Waals surface area contributed by atoms with Gasteiger partial charge in [-0.3, -0.25) is 9.78 Å². The predicted octanol–water partition coefficient (Wildman–Crippen LogP) is 4.30. The van der Waals surface area contributed by atoms with Crippen molar-refractivity contribution in [3.05, 3.63) is 95.1 Å². The van der Waals surface area contributed by atoms with Gasteiger partial charge < -0.3 is 10.2 Å². The van der Waals surface area contributed by atoms with E-state index in [4.69, 9.17) is 0 Å². The Balaban J connectivity index is 1.70. The quantitative estimate of drug-likeness (QED) is 0.765. The molecule has 0 saturated heterocycles. The van der Waals surface area contributed by atoms with E-state index in [1.807, 2.05) is 31.2 Å². The van der Waals surface area contributed by atoms with Gasteiger partial charge in [-0.05, 0) is 48.4 Å². The van der Waals surface area contributed by atoms with Gasteiger partial charge in [0.05, 0.1) is 11.3 Å². The fourth-order valence-electron chi connectivity index (χ4n) is 3.21. The van der Waals surface area contributed by atoms with Gasteiger partial charge in [-0.25, -0.2) is 4.39 Å². The number of anilines is 1. The van der Waals surface area contributed by atoms with Gasteiger partial charge in [-0.2, -0.15) is 0 Å². The predicted molar refractivity (Wildman–Crippen MR) is 98.1 cm³/mol. The van der Waals surface area contributed by atoms with Gasteiger partial charge in [0.1, 0.15) is 12.0 Å². The van der Waals surface area contributed by atoms with E-state index in [0.717, 1.165) is 16.8 Å². The third kappa shape index (κ3) is 2.92. The van der Waals surface area contributed by atoms with E-state index in [1.165, 1.54) is 12.1 Å². The minimum Gasteiger partial charge on any atom is -0.360 e. The fourth-order valence-corrected chi connectivity index (χ4v) is 3.21. The van der Waals surface area contributed by atoms with Crippen LogP contribution in [-0.2, 0) is 6.54 Å². The molecule has 5 heteroatoms. The molecule has 2 heterocycles. The number of carbonyl (C=O) groups is 1. The Bertz CT molecular complexity index is 955. The van der Waals surface area contributed by atoms with Gasteiger partial charge in [0.25, 0.3) is 5.91 Å². The summed E-state index contributed by atoms with van der Waals surface area (Å²) in [6.45, 7) is 2.39. The summed E-state index contributed by atoms with van der Waals surface area (Å²) in [6.07, 6.45) is 1.32. The monoisotopic (exact) mass is 347 g/mol. The average Bonchev–Trinajstić information content (AvgIpc) is 2.91. The molecule has 1 aliphatic rings. The number of carbonyl (C=O) groups excluding carboxylic acids is 1. The number of nitrogens with one attached hydrogen (secondary N) is 1. The van der Waals surface area contributed by atoms with Crippen LogP contribution in [0, 0.1) is 12.7 Å². The van der Waals surface area contributed by atoms with Crippen molar-refractivity contribution >= 4 is 11.6 Å². The van der Waals surface area contributed by atoms with E-state index in [-0.39, 0.29) is 17.9 Å². The number of hydrogen-bond acceptors (Lipinski definition) is 3. The van der Waals surface area contributed by atoms with Crippen LogP contribution >= 0.6 is 0 Å². The zero-order valence-electron chi connectivity index (χ0n) is 14.3. The van der Waals surface area contributed by atoms with Crippen molar-refractivity contribution in [2.45, 2.75) is 19.6 Å². The maximum absolute atomic E-state index is 13.2. The lowest BCUT2D eigenvalue weighted by Crippen LogP contribution is -2.32. The van der Waals surface area contributed by atoms with Crippen LogP contribution in [0.15, 0.2) is 66.9 Å². The molecule has 0 unspecified atom stereocenters. The summed E-state index contributed by atoms with van der Waals surface area (Å²) >= 11 is 0. The summed E-state index contributed by atoms with van der Waals surface area (Å²) in [6, 6.07) is 17.7. The maximum atomic E-state index is 13.2. The Kier molecular flexibility index (Phi) is 4.13. The van der Waals surface area contributed by atoms with Crippen LogP contribution in [0.4, 0.5) is 10.1 Å². The SMILES string of the molecule is Cc1ccccc1N[C@H]1c2ncccc2C(=O)N1Cc1ccc(F)cc1. The minimum absolute atomic E-state index is 0.0801. The van der Waals surface area contributed by atoms with E-state index in [9.17, 15) is 9.18 Å². The summed E-state index contributed by atoms with van der Waals surface area (Å²) in [4.78, 5) is 19.1. The highest BCUT2D eigenvalue weighted by molar-refractivity contribution is 5.98. The molecular weight excluding hydrogens is 329 g/mol. The normalized spacial score (nSPS) is 15.8. The molecule has 0 fully saturated rings. The number of halogens is 1. The Hall–Kier alpha value is -3.21. The van der Waals surface area contributed by atoms with Crippen LogP contribution < -0.4 is 5.32 Å². The second-order valence-corrected chi connectivity index (χ2v) is 6.36. The smallest absolute Gasteiger partial charge is 0.258 e. The molecule has 1 atom stereocenters. The molecule has 3 aromatic rings. The zero-order chi connectivity index (χ0) is 18.1. The van der Waals surface area contributed by atoms with Crippen LogP contribution in [0.5, 0.6) is 0 Å². The summed E-state index contributed by atoms with van der Waals surface area (Å²) in [5.41, 5.74) is 4.21. The fraction of sp³-hybridized carbons (Fsp3) is 0.143. The number of nitrogens with zero attached hydrogens (tertiary/aromatic N) is 2. The Morgan fingerprint density at radius 2 is 1.85 bits per heavy atom. The standard InChI is InChI=1S/C21H18FN3O/c1-14-5-2-3-7-18(14)24-20-19-17(6-4-12-23-19)21(26)25(20)13-15-8-10-16(22)11-9-15/h2-12,20,24H,13H2,1H3/t20-/m1/s1. The molecule has 0 saturated carbocycles. The van der Waals surface area contributed by atoms with Crippen molar-refractivity contribution < 1.29 is 9.18 Å². The number of fused-ring (bicyclic) bond motifs is 1. The van der Waals surface area contributed by atoms with E-state index >= 15 is 0 Å². The molecule has 1 N–H and O–H groups in total. The van der Waals surface area contributed by atoms with Gasteiger partial charge in [0.2, 0.25) is 0 Å². The van der Waals surface area contributed by atoms with Crippen molar-refractivity contribution in [2.24, 2.45) is 0 Å². The molecule has 0 aliphatic carbocycles. The zero-order valence-corrected chi connectivity index (χ0v) is 14.3.